The minimum absolute atomic E-state index is 0.164. The molecule has 0 radical (unpaired) electrons. The van der Waals surface area contributed by atoms with Crippen LogP contribution in [-0.2, 0) is 28.9 Å². The molecule has 2 saturated heterocycles. The van der Waals surface area contributed by atoms with E-state index in [1.54, 1.807) is 31.6 Å². The maximum atomic E-state index is 12.5. The van der Waals surface area contributed by atoms with Gasteiger partial charge in [-0.25, -0.2) is 4.98 Å². The standard InChI is InChI=1S/C28H27N5O4.C21H20N4O3/c1-35-26-4-2-3-21(31-26)17-30-20-5-6-24-19(14-20)13-18-7-8-29-27(28(18)37-24)23-15-22(16-25(34)32-23)33-9-11-36-12-10-33;22-15-1-2-18-14(10-15)9-13-3-4-23-20(21(13)28-18)17-11-16(12-19(26)24-17)25-5-7-27-8-6-25/h2-8,14-16,30H,9-13,17H2,1H3,(H,32,34);1-4,10-12H,5-9,22H2,(H,24,26). The van der Waals surface area contributed by atoms with Crippen molar-refractivity contribution in [1.29, 1.82) is 0 Å². The maximum absolute atomic E-state index is 12.5. The number of ether oxygens (including phenoxy) is 5. The molecule has 16 nitrogen and oxygen atoms in total. The zero-order chi connectivity index (χ0) is 44.3. The number of H-pyrrole nitrogens is 2. The molecular formula is C49H47N9O7. The van der Waals surface area contributed by atoms with E-state index in [4.69, 9.17) is 29.4 Å². The van der Waals surface area contributed by atoms with E-state index in [9.17, 15) is 9.59 Å². The van der Waals surface area contributed by atoms with Gasteiger partial charge in [-0.15, -0.1) is 0 Å². The second-order valence-corrected chi connectivity index (χ2v) is 16.0. The van der Waals surface area contributed by atoms with Gasteiger partial charge in [0, 0.05) is 115 Å². The number of nitrogens with zero attached hydrogens (tertiary/aromatic N) is 5. The Morgan fingerprint density at radius 1 is 0.662 bits per heavy atom. The molecule has 0 spiro atoms. The summed E-state index contributed by atoms with van der Waals surface area (Å²) in [5.74, 6) is 3.48. The van der Waals surface area contributed by atoms with Crippen LogP contribution in [0.25, 0.3) is 22.8 Å². The van der Waals surface area contributed by atoms with E-state index in [0.29, 0.717) is 91.7 Å². The number of rotatable bonds is 8. The number of aromatic nitrogens is 5. The van der Waals surface area contributed by atoms with Gasteiger partial charge < -0.3 is 54.5 Å². The number of hydrogen-bond acceptors (Lipinski definition) is 14. The number of pyridine rings is 5. The Labute approximate surface area is 374 Å². The molecule has 11 rings (SSSR count). The van der Waals surface area contributed by atoms with Crippen molar-refractivity contribution in [3.8, 4) is 51.7 Å². The Bertz CT molecular complexity index is 3000. The van der Waals surface area contributed by atoms with Gasteiger partial charge in [0.2, 0.25) is 5.88 Å². The molecule has 9 heterocycles. The second-order valence-electron chi connectivity index (χ2n) is 16.0. The Balaban J connectivity index is 0.000000159. The number of benzene rings is 2. The zero-order valence-corrected chi connectivity index (χ0v) is 35.8. The number of nitrogens with two attached hydrogens (primary N) is 1. The van der Waals surface area contributed by atoms with Crippen molar-refractivity contribution in [1.82, 2.24) is 24.9 Å². The average molecular weight is 874 g/mol. The predicted octanol–water partition coefficient (Wildman–Crippen LogP) is 6.54. The zero-order valence-electron chi connectivity index (χ0n) is 35.8. The van der Waals surface area contributed by atoms with Gasteiger partial charge in [-0.05, 0) is 66.7 Å². The van der Waals surface area contributed by atoms with Crippen LogP contribution in [0.2, 0.25) is 0 Å². The third-order valence-corrected chi connectivity index (χ3v) is 11.7. The highest BCUT2D eigenvalue weighted by molar-refractivity contribution is 5.72. The first-order valence-electron chi connectivity index (χ1n) is 21.5. The summed E-state index contributed by atoms with van der Waals surface area (Å²) in [7, 11) is 1.61. The van der Waals surface area contributed by atoms with Gasteiger partial charge in [0.25, 0.3) is 11.1 Å². The van der Waals surface area contributed by atoms with E-state index < -0.39 is 0 Å². The molecular weight excluding hydrogens is 827 g/mol. The molecule has 4 aliphatic rings. The van der Waals surface area contributed by atoms with Gasteiger partial charge in [-0.1, -0.05) is 6.07 Å². The topological polar surface area (TPSA) is 195 Å². The highest BCUT2D eigenvalue weighted by Gasteiger charge is 2.25. The lowest BCUT2D eigenvalue weighted by atomic mass is 9.99. The van der Waals surface area contributed by atoms with E-state index in [2.05, 4.69) is 46.1 Å². The van der Waals surface area contributed by atoms with Crippen molar-refractivity contribution in [2.24, 2.45) is 0 Å². The van der Waals surface area contributed by atoms with Gasteiger partial charge in [0.15, 0.2) is 11.5 Å². The van der Waals surface area contributed by atoms with E-state index in [0.717, 1.165) is 82.7 Å². The molecule has 0 amide bonds. The lowest BCUT2D eigenvalue weighted by molar-refractivity contribution is 0.122. The fraction of sp³-hybridized carbons (Fsp3) is 0.245. The Kier molecular flexibility index (Phi) is 11.6. The van der Waals surface area contributed by atoms with Crippen molar-refractivity contribution >= 4 is 22.7 Å². The Morgan fingerprint density at radius 3 is 1.78 bits per heavy atom. The molecule has 0 atom stereocenters. The molecule has 0 saturated carbocycles. The number of anilines is 4. The molecule has 0 bridgehead atoms. The number of fused-ring (bicyclic) bond motifs is 4. The predicted molar refractivity (Wildman–Crippen MR) is 248 cm³/mol. The fourth-order valence-electron chi connectivity index (χ4n) is 8.44. The monoisotopic (exact) mass is 873 g/mol. The van der Waals surface area contributed by atoms with Crippen molar-refractivity contribution in [2.45, 2.75) is 19.4 Å². The highest BCUT2D eigenvalue weighted by Crippen LogP contribution is 2.44. The first-order chi connectivity index (χ1) is 31.8. The number of nitrogens with one attached hydrogen (secondary N) is 3. The SMILES string of the molecule is COc1cccc(CNc2ccc3c(c2)Cc2ccnc(-c4cc(N5CCOCC5)cc(=O)[nH]4)c2O3)n1.Nc1ccc2c(c1)Cc1ccnc(-c3cc(N4CCOCC4)cc(=O)[nH]3)c1O2. The van der Waals surface area contributed by atoms with Gasteiger partial charge in [0.1, 0.15) is 22.9 Å². The number of methoxy groups -OCH3 is 1. The number of morpholine rings is 2. The summed E-state index contributed by atoms with van der Waals surface area (Å²) in [5.41, 5.74) is 16.6. The minimum Gasteiger partial charge on any atom is -0.481 e. The Morgan fingerprint density at radius 2 is 1.22 bits per heavy atom. The van der Waals surface area contributed by atoms with E-state index in [1.807, 2.05) is 72.8 Å². The average Bonchev–Trinajstić information content (AvgIpc) is 3.34. The first kappa shape index (κ1) is 41.3. The van der Waals surface area contributed by atoms with Crippen LogP contribution in [0.3, 0.4) is 0 Å². The molecule has 4 aliphatic heterocycles. The first-order valence-corrected chi connectivity index (χ1v) is 21.5. The summed E-state index contributed by atoms with van der Waals surface area (Å²) >= 11 is 0. The van der Waals surface area contributed by atoms with Gasteiger partial charge >= 0.3 is 0 Å². The lowest BCUT2D eigenvalue weighted by Gasteiger charge is -2.29. The van der Waals surface area contributed by atoms with E-state index in [-0.39, 0.29) is 11.1 Å². The number of nitrogen functional groups attached to an aromatic ring is 1. The van der Waals surface area contributed by atoms with Crippen molar-refractivity contribution in [3.63, 3.8) is 0 Å². The summed E-state index contributed by atoms with van der Waals surface area (Å²) in [4.78, 5) is 48.6. The van der Waals surface area contributed by atoms with Crippen molar-refractivity contribution < 1.29 is 23.7 Å². The smallest absolute Gasteiger partial charge is 0.250 e. The van der Waals surface area contributed by atoms with Gasteiger partial charge in [0.05, 0.1) is 57.2 Å². The molecule has 5 aromatic heterocycles. The molecule has 16 heteroatoms. The normalized spacial score (nSPS) is 14.8. The molecule has 330 valence electrons. The molecule has 7 aromatic rings. The molecule has 0 aliphatic carbocycles. The van der Waals surface area contributed by atoms with Crippen LogP contribution >= 0.6 is 0 Å². The fourth-order valence-corrected chi connectivity index (χ4v) is 8.44. The van der Waals surface area contributed by atoms with Crippen LogP contribution in [0.1, 0.15) is 27.9 Å². The largest absolute Gasteiger partial charge is 0.481 e. The maximum Gasteiger partial charge on any atom is 0.250 e. The van der Waals surface area contributed by atoms with Gasteiger partial charge in [-0.2, -0.15) is 0 Å². The van der Waals surface area contributed by atoms with Crippen LogP contribution < -0.4 is 46.2 Å². The molecule has 2 aromatic carbocycles. The molecule has 2 fully saturated rings. The molecule has 65 heavy (non-hydrogen) atoms. The minimum atomic E-state index is -0.171. The summed E-state index contributed by atoms with van der Waals surface area (Å²) < 4.78 is 28.6. The summed E-state index contributed by atoms with van der Waals surface area (Å²) in [6.07, 6.45) is 4.91. The quantitative estimate of drug-likeness (QED) is 0.120. The third kappa shape index (κ3) is 9.07. The van der Waals surface area contributed by atoms with Crippen LogP contribution in [0.15, 0.2) is 113 Å². The Hall–Kier alpha value is -7.69. The number of aromatic amines is 2. The summed E-state index contributed by atoms with van der Waals surface area (Å²) in [6, 6.07) is 28.4. The van der Waals surface area contributed by atoms with Crippen LogP contribution in [-0.4, -0.2) is 84.6 Å². The lowest BCUT2D eigenvalue weighted by Crippen LogP contribution is -2.36. The van der Waals surface area contributed by atoms with Crippen LogP contribution in [0.4, 0.5) is 22.7 Å². The van der Waals surface area contributed by atoms with Gasteiger partial charge in [-0.3, -0.25) is 19.6 Å². The van der Waals surface area contributed by atoms with Crippen LogP contribution in [0.5, 0.6) is 28.9 Å². The summed E-state index contributed by atoms with van der Waals surface area (Å²) in [5, 5.41) is 3.43. The molecule has 5 N–H and O–H groups in total. The third-order valence-electron chi connectivity index (χ3n) is 11.7. The van der Waals surface area contributed by atoms with Crippen LogP contribution in [0, 0.1) is 0 Å². The molecule has 0 unspecified atom stereocenters. The van der Waals surface area contributed by atoms with E-state index >= 15 is 0 Å². The highest BCUT2D eigenvalue weighted by atomic mass is 16.5. The second kappa shape index (κ2) is 18.2. The number of hydrogen-bond donors (Lipinski definition) is 4. The van der Waals surface area contributed by atoms with Crippen molar-refractivity contribution in [3.05, 3.63) is 152 Å². The van der Waals surface area contributed by atoms with Crippen molar-refractivity contribution in [2.75, 3.05) is 80.6 Å². The van der Waals surface area contributed by atoms with E-state index in [1.165, 1.54) is 0 Å². The summed E-state index contributed by atoms with van der Waals surface area (Å²) in [6.45, 7) is 6.20.